The molecule has 0 saturated carbocycles. The number of hydrogen-bond acceptors (Lipinski definition) is 9. The Morgan fingerprint density at radius 3 is 2.45 bits per heavy atom. The second kappa shape index (κ2) is 13.0. The Labute approximate surface area is 245 Å². The van der Waals surface area contributed by atoms with Gasteiger partial charge in [-0.05, 0) is 67.1 Å². The summed E-state index contributed by atoms with van der Waals surface area (Å²) in [5.41, 5.74) is 3.48. The monoisotopic (exact) mass is 593 g/mol. The van der Waals surface area contributed by atoms with E-state index in [1.807, 2.05) is 0 Å². The number of hydroxylamine groups is 1. The van der Waals surface area contributed by atoms with Crippen LogP contribution in [-0.4, -0.2) is 65.1 Å². The minimum Gasteiger partial charge on any atom is -0.336 e. The van der Waals surface area contributed by atoms with Crippen LogP contribution in [0.25, 0.3) is 5.69 Å². The normalized spacial score (nSPS) is 11.8. The summed E-state index contributed by atoms with van der Waals surface area (Å²) < 4.78 is 2.79. The van der Waals surface area contributed by atoms with Crippen molar-refractivity contribution >= 4 is 46.7 Å². The zero-order valence-corrected chi connectivity index (χ0v) is 23.6. The van der Waals surface area contributed by atoms with Crippen molar-refractivity contribution < 1.29 is 19.2 Å². The van der Waals surface area contributed by atoms with Gasteiger partial charge < -0.3 is 16.0 Å². The third-order valence-corrected chi connectivity index (χ3v) is 5.74. The van der Waals surface area contributed by atoms with Gasteiger partial charge in [0.15, 0.2) is 0 Å². The van der Waals surface area contributed by atoms with Gasteiger partial charge in [-0.2, -0.15) is 4.68 Å². The van der Waals surface area contributed by atoms with Crippen molar-refractivity contribution in [3.05, 3.63) is 78.1 Å². The van der Waals surface area contributed by atoms with Gasteiger partial charge in [-0.3, -0.25) is 29.2 Å². The Morgan fingerprint density at radius 1 is 1.05 bits per heavy atom. The maximum Gasteiger partial charge on any atom is 0.313 e. The number of carbonyl (C=O) groups excluding carboxylic acids is 3. The SMILES string of the molecule is CC(C)(C)ONC(=O)[C@H](Cc1ccc(NC(=N)n2ccnc2)cc1)NC(=O)C(=O)Nc1cc(Cl)ccc1-n1cnnn1. The van der Waals surface area contributed by atoms with Crippen molar-refractivity contribution in [1.29, 1.82) is 5.41 Å². The number of anilines is 2. The van der Waals surface area contributed by atoms with E-state index in [0.717, 1.165) is 0 Å². The number of imidazole rings is 1. The van der Waals surface area contributed by atoms with Gasteiger partial charge in [0.1, 0.15) is 18.7 Å². The van der Waals surface area contributed by atoms with Gasteiger partial charge in [0, 0.05) is 29.5 Å². The van der Waals surface area contributed by atoms with Crippen molar-refractivity contribution in [2.75, 3.05) is 10.6 Å². The van der Waals surface area contributed by atoms with Crippen LogP contribution in [0.5, 0.6) is 0 Å². The third-order valence-electron chi connectivity index (χ3n) is 5.51. The zero-order chi connectivity index (χ0) is 30.3. The molecule has 0 radical (unpaired) electrons. The van der Waals surface area contributed by atoms with E-state index in [-0.39, 0.29) is 18.1 Å². The minimum absolute atomic E-state index is 0.0324. The molecule has 0 saturated heterocycles. The summed E-state index contributed by atoms with van der Waals surface area (Å²) in [6, 6.07) is 10.3. The van der Waals surface area contributed by atoms with Crippen LogP contribution >= 0.6 is 11.6 Å². The maximum absolute atomic E-state index is 13.0. The summed E-state index contributed by atoms with van der Waals surface area (Å²) in [4.78, 5) is 48.2. The molecular formula is C26H28ClN11O4. The third kappa shape index (κ3) is 8.18. The van der Waals surface area contributed by atoms with Crippen LogP contribution in [0.3, 0.4) is 0 Å². The van der Waals surface area contributed by atoms with Gasteiger partial charge in [-0.1, -0.05) is 23.7 Å². The molecule has 2 aromatic heterocycles. The van der Waals surface area contributed by atoms with E-state index in [2.05, 4.69) is 41.9 Å². The highest BCUT2D eigenvalue weighted by Crippen LogP contribution is 2.23. The fourth-order valence-electron chi connectivity index (χ4n) is 3.52. The largest absolute Gasteiger partial charge is 0.336 e. The first-order chi connectivity index (χ1) is 20.0. The van der Waals surface area contributed by atoms with Crippen LogP contribution in [0.2, 0.25) is 5.02 Å². The highest BCUT2D eigenvalue weighted by molar-refractivity contribution is 6.40. The van der Waals surface area contributed by atoms with Crippen molar-refractivity contribution in [2.45, 2.75) is 38.8 Å². The Morgan fingerprint density at radius 2 is 1.81 bits per heavy atom. The number of halogens is 1. The van der Waals surface area contributed by atoms with E-state index < -0.39 is 29.4 Å². The van der Waals surface area contributed by atoms with Crippen molar-refractivity contribution in [3.63, 3.8) is 0 Å². The molecule has 0 aliphatic heterocycles. The molecule has 0 fully saturated rings. The van der Waals surface area contributed by atoms with Crippen LogP contribution in [0.4, 0.5) is 11.4 Å². The second-order valence-electron chi connectivity index (χ2n) is 9.92. The predicted molar refractivity (Wildman–Crippen MR) is 153 cm³/mol. The second-order valence-corrected chi connectivity index (χ2v) is 10.4. The quantitative estimate of drug-likeness (QED) is 0.0877. The highest BCUT2D eigenvalue weighted by atomic mass is 35.5. The van der Waals surface area contributed by atoms with E-state index in [4.69, 9.17) is 21.8 Å². The topological polar surface area (TPSA) is 194 Å². The van der Waals surface area contributed by atoms with Gasteiger partial charge in [0.2, 0.25) is 5.96 Å². The number of benzene rings is 2. The lowest BCUT2D eigenvalue weighted by Gasteiger charge is -2.23. The smallest absolute Gasteiger partial charge is 0.313 e. The summed E-state index contributed by atoms with van der Waals surface area (Å²) in [7, 11) is 0. The van der Waals surface area contributed by atoms with Crippen LogP contribution in [0.15, 0.2) is 67.5 Å². The Bertz CT molecular complexity index is 1550. The van der Waals surface area contributed by atoms with E-state index in [9.17, 15) is 14.4 Å². The summed E-state index contributed by atoms with van der Waals surface area (Å²) in [6.07, 6.45) is 6.03. The lowest BCUT2D eigenvalue weighted by Crippen LogP contribution is -2.51. The number of rotatable bonds is 8. The van der Waals surface area contributed by atoms with Crippen LogP contribution in [0.1, 0.15) is 26.3 Å². The number of nitrogens with one attached hydrogen (secondary N) is 5. The lowest BCUT2D eigenvalue weighted by atomic mass is 10.0. The molecule has 0 aliphatic carbocycles. The molecule has 0 aliphatic rings. The molecule has 15 nitrogen and oxygen atoms in total. The molecule has 16 heteroatoms. The molecular weight excluding hydrogens is 566 g/mol. The van der Waals surface area contributed by atoms with Crippen LogP contribution < -0.4 is 21.4 Å². The zero-order valence-electron chi connectivity index (χ0n) is 22.8. The molecule has 5 N–H and O–H groups in total. The van der Waals surface area contributed by atoms with Gasteiger partial charge in [-0.25, -0.2) is 10.5 Å². The average Bonchev–Trinajstić information content (AvgIpc) is 3.67. The molecule has 4 rings (SSSR count). The van der Waals surface area contributed by atoms with E-state index in [1.165, 1.54) is 28.0 Å². The molecule has 0 spiro atoms. The summed E-state index contributed by atoms with van der Waals surface area (Å²) in [6.45, 7) is 5.23. The molecule has 2 heterocycles. The molecule has 0 bridgehead atoms. The molecule has 4 aromatic rings. The number of hydrogen-bond donors (Lipinski definition) is 5. The number of carbonyl (C=O) groups is 3. The van der Waals surface area contributed by atoms with Gasteiger partial charge >= 0.3 is 11.8 Å². The van der Waals surface area contributed by atoms with Crippen LogP contribution in [0, 0.1) is 5.41 Å². The molecule has 0 unspecified atom stereocenters. The minimum atomic E-state index is -1.17. The fraction of sp³-hybridized carbons (Fsp3) is 0.231. The fourth-order valence-corrected chi connectivity index (χ4v) is 3.69. The number of nitrogens with zero attached hydrogens (tertiary/aromatic N) is 6. The molecule has 2 aromatic carbocycles. The first-order valence-electron chi connectivity index (χ1n) is 12.5. The Hall–Kier alpha value is -5.15. The van der Waals surface area contributed by atoms with Crippen molar-refractivity contribution in [1.82, 2.24) is 40.6 Å². The lowest BCUT2D eigenvalue weighted by molar-refractivity contribution is -0.149. The molecule has 42 heavy (non-hydrogen) atoms. The number of tetrazole rings is 1. The Balaban J connectivity index is 1.46. The van der Waals surface area contributed by atoms with E-state index in [0.29, 0.717) is 22.0 Å². The summed E-state index contributed by atoms with van der Waals surface area (Å²) in [5.74, 6) is -2.68. The molecule has 1 atom stereocenters. The first-order valence-corrected chi connectivity index (χ1v) is 12.9. The van der Waals surface area contributed by atoms with Crippen molar-refractivity contribution in [3.8, 4) is 5.69 Å². The van der Waals surface area contributed by atoms with Crippen molar-refractivity contribution in [2.24, 2.45) is 0 Å². The van der Waals surface area contributed by atoms with E-state index >= 15 is 0 Å². The predicted octanol–water partition coefficient (Wildman–Crippen LogP) is 1.92. The summed E-state index contributed by atoms with van der Waals surface area (Å²) in [5, 5.41) is 27.3. The van der Waals surface area contributed by atoms with Gasteiger partial charge in [-0.15, -0.1) is 5.10 Å². The molecule has 218 valence electrons. The number of amides is 3. The van der Waals surface area contributed by atoms with Gasteiger partial charge in [0.25, 0.3) is 5.91 Å². The number of aromatic nitrogens is 6. The average molecular weight is 594 g/mol. The first kappa shape index (κ1) is 29.8. The van der Waals surface area contributed by atoms with Crippen LogP contribution in [-0.2, 0) is 25.6 Å². The van der Waals surface area contributed by atoms with Gasteiger partial charge in [0.05, 0.1) is 17.0 Å². The molecule has 3 amide bonds. The maximum atomic E-state index is 13.0. The Kier molecular flexibility index (Phi) is 9.24. The standard InChI is InChI=1S/C26H28ClN11O4/c1-26(2,3)42-34-22(39)20(12-16-4-7-18(8-5-16)31-25(28)37-11-10-29-14-37)33-24(41)23(40)32-19-13-17(27)6-9-21(19)38-15-30-35-36-38/h4-11,13-15,20H,12H2,1-3H3,(H2,28,31)(H,32,40)(H,33,41)(H,34,39)/t20-/m0/s1. The summed E-state index contributed by atoms with van der Waals surface area (Å²) >= 11 is 6.09. The highest BCUT2D eigenvalue weighted by Gasteiger charge is 2.27. The van der Waals surface area contributed by atoms with E-state index in [1.54, 1.807) is 69.6 Å².